The second-order valence-electron chi connectivity index (χ2n) is 5.98. The van der Waals surface area contributed by atoms with E-state index in [0.29, 0.717) is 24.3 Å². The smallest absolute Gasteiger partial charge is 0.239 e. The number of carbonyl (C=O) groups excluding carboxylic acids is 1. The first kappa shape index (κ1) is 19.9. The minimum absolute atomic E-state index is 0.0249. The highest BCUT2D eigenvalue weighted by Gasteiger charge is 2.13. The number of rotatable bonds is 9. The second kappa shape index (κ2) is 9.35. The van der Waals surface area contributed by atoms with Gasteiger partial charge in [0, 0.05) is 0 Å². The Morgan fingerprint density at radius 3 is 2.54 bits per heavy atom. The lowest BCUT2D eigenvalue weighted by Gasteiger charge is -2.11. The number of methoxy groups -OCH3 is 1. The molecule has 6 nitrogen and oxygen atoms in total. The number of hydrogen-bond acceptors (Lipinski definition) is 4. The fourth-order valence-electron chi connectivity index (χ4n) is 2.47. The van der Waals surface area contributed by atoms with Crippen molar-refractivity contribution in [2.24, 2.45) is 0 Å². The summed E-state index contributed by atoms with van der Waals surface area (Å²) in [4.78, 5) is 12.0. The lowest BCUT2D eigenvalue weighted by atomic mass is 10.1. The fraction of sp³-hybridized carbons (Fsp3) is 0.316. The van der Waals surface area contributed by atoms with Crippen LogP contribution in [-0.4, -0.2) is 33.7 Å². The molecule has 0 unspecified atom stereocenters. The third-order valence-corrected chi connectivity index (χ3v) is 5.21. The maximum Gasteiger partial charge on any atom is 0.239 e. The molecule has 2 aromatic carbocycles. The SMILES string of the molecule is COc1ccc(C)cc1NC(=O)CNS(=O)(=O)CCCc1ccccc1. The third kappa shape index (κ3) is 6.50. The standard InChI is InChI=1S/C19H24N2O4S/c1-15-10-11-18(25-2)17(13-15)21-19(22)14-20-26(23,24)12-6-9-16-7-4-3-5-8-16/h3-5,7-8,10-11,13,20H,6,9,12,14H2,1-2H3,(H,21,22). The van der Waals surface area contributed by atoms with Gasteiger partial charge in [0.1, 0.15) is 5.75 Å². The van der Waals surface area contributed by atoms with E-state index in [4.69, 9.17) is 4.74 Å². The van der Waals surface area contributed by atoms with E-state index in [1.165, 1.54) is 7.11 Å². The first-order valence-electron chi connectivity index (χ1n) is 8.35. The van der Waals surface area contributed by atoms with Crippen LogP contribution in [0.5, 0.6) is 5.75 Å². The van der Waals surface area contributed by atoms with E-state index in [1.54, 1.807) is 12.1 Å². The highest BCUT2D eigenvalue weighted by Crippen LogP contribution is 2.24. The number of carbonyl (C=O) groups is 1. The average Bonchev–Trinajstić information content (AvgIpc) is 2.61. The molecule has 7 heteroatoms. The Morgan fingerprint density at radius 1 is 1.12 bits per heavy atom. The maximum atomic E-state index is 12.0. The number of anilines is 1. The number of hydrogen-bond donors (Lipinski definition) is 2. The van der Waals surface area contributed by atoms with Crippen LogP contribution >= 0.6 is 0 Å². The molecule has 0 saturated heterocycles. The lowest BCUT2D eigenvalue weighted by molar-refractivity contribution is -0.115. The van der Waals surface area contributed by atoms with Gasteiger partial charge in [-0.25, -0.2) is 13.1 Å². The number of nitrogens with one attached hydrogen (secondary N) is 2. The largest absolute Gasteiger partial charge is 0.495 e. The summed E-state index contributed by atoms with van der Waals surface area (Å²) >= 11 is 0. The van der Waals surface area contributed by atoms with Crippen LogP contribution in [0.15, 0.2) is 48.5 Å². The van der Waals surface area contributed by atoms with E-state index >= 15 is 0 Å². The van der Waals surface area contributed by atoms with Crippen LogP contribution in [0, 0.1) is 6.92 Å². The number of ether oxygens (including phenoxy) is 1. The highest BCUT2D eigenvalue weighted by atomic mass is 32.2. The first-order valence-corrected chi connectivity index (χ1v) is 10.0. The third-order valence-electron chi connectivity index (χ3n) is 3.80. The number of amides is 1. The van der Waals surface area contributed by atoms with Gasteiger partial charge in [-0.3, -0.25) is 4.79 Å². The highest BCUT2D eigenvalue weighted by molar-refractivity contribution is 7.89. The Bertz CT molecular complexity index is 836. The van der Waals surface area contributed by atoms with Crippen LogP contribution in [0.3, 0.4) is 0 Å². The van der Waals surface area contributed by atoms with Crippen LogP contribution in [-0.2, 0) is 21.2 Å². The quantitative estimate of drug-likeness (QED) is 0.704. The van der Waals surface area contributed by atoms with E-state index in [0.717, 1.165) is 11.1 Å². The number of aryl methyl sites for hydroxylation is 2. The van der Waals surface area contributed by atoms with Crippen molar-refractivity contribution < 1.29 is 17.9 Å². The zero-order valence-electron chi connectivity index (χ0n) is 15.0. The summed E-state index contributed by atoms with van der Waals surface area (Å²) < 4.78 is 31.6. The van der Waals surface area contributed by atoms with Crippen molar-refractivity contribution >= 4 is 21.6 Å². The van der Waals surface area contributed by atoms with Crippen molar-refractivity contribution in [1.29, 1.82) is 0 Å². The normalized spacial score (nSPS) is 11.2. The Kier molecular flexibility index (Phi) is 7.17. The average molecular weight is 376 g/mol. The monoisotopic (exact) mass is 376 g/mol. The summed E-state index contributed by atoms with van der Waals surface area (Å²) in [6.45, 7) is 1.58. The van der Waals surface area contributed by atoms with Gasteiger partial charge in [0.05, 0.1) is 25.1 Å². The summed E-state index contributed by atoms with van der Waals surface area (Å²) in [6.07, 6.45) is 1.17. The van der Waals surface area contributed by atoms with Crippen LogP contribution in [0.4, 0.5) is 5.69 Å². The van der Waals surface area contributed by atoms with Crippen LogP contribution < -0.4 is 14.8 Å². The van der Waals surface area contributed by atoms with Gasteiger partial charge in [0.15, 0.2) is 0 Å². The van der Waals surface area contributed by atoms with E-state index in [-0.39, 0.29) is 12.3 Å². The first-order chi connectivity index (χ1) is 12.4. The van der Waals surface area contributed by atoms with Gasteiger partial charge in [-0.05, 0) is 43.0 Å². The zero-order chi connectivity index (χ0) is 19.0. The van der Waals surface area contributed by atoms with Crippen LogP contribution in [0.1, 0.15) is 17.5 Å². The molecule has 1 amide bonds. The van der Waals surface area contributed by atoms with Crippen molar-refractivity contribution in [3.05, 3.63) is 59.7 Å². The minimum Gasteiger partial charge on any atom is -0.495 e. The summed E-state index contributed by atoms with van der Waals surface area (Å²) in [5, 5.41) is 2.67. The van der Waals surface area contributed by atoms with Crippen molar-refractivity contribution in [1.82, 2.24) is 4.72 Å². The predicted molar refractivity (Wildman–Crippen MR) is 103 cm³/mol. The molecular weight excluding hydrogens is 352 g/mol. The predicted octanol–water partition coefficient (Wildman–Crippen LogP) is 2.49. The lowest BCUT2D eigenvalue weighted by Crippen LogP contribution is -2.34. The van der Waals surface area contributed by atoms with Crippen molar-refractivity contribution in [2.45, 2.75) is 19.8 Å². The molecule has 0 aliphatic heterocycles. The molecule has 2 rings (SSSR count). The summed E-state index contributed by atoms with van der Waals surface area (Å²) in [6, 6.07) is 15.1. The van der Waals surface area contributed by atoms with E-state index < -0.39 is 15.9 Å². The van der Waals surface area contributed by atoms with Gasteiger partial charge >= 0.3 is 0 Å². The molecule has 0 radical (unpaired) electrons. The maximum absolute atomic E-state index is 12.0. The van der Waals surface area contributed by atoms with Crippen LogP contribution in [0.2, 0.25) is 0 Å². The van der Waals surface area contributed by atoms with Crippen molar-refractivity contribution in [3.8, 4) is 5.75 Å². The molecule has 0 atom stereocenters. The van der Waals surface area contributed by atoms with Gasteiger partial charge in [0.2, 0.25) is 15.9 Å². The van der Waals surface area contributed by atoms with E-state index in [1.807, 2.05) is 43.3 Å². The number of sulfonamides is 1. The van der Waals surface area contributed by atoms with E-state index in [2.05, 4.69) is 10.0 Å². The molecule has 2 N–H and O–H groups in total. The summed E-state index contributed by atoms with van der Waals surface area (Å²) in [7, 11) is -2.00. The molecule has 0 spiro atoms. The van der Waals surface area contributed by atoms with Crippen molar-refractivity contribution in [2.75, 3.05) is 24.7 Å². The molecule has 26 heavy (non-hydrogen) atoms. The molecule has 0 aliphatic carbocycles. The summed E-state index contributed by atoms with van der Waals surface area (Å²) in [5.41, 5.74) is 2.57. The fourth-order valence-corrected chi connectivity index (χ4v) is 3.49. The van der Waals surface area contributed by atoms with Gasteiger partial charge in [0.25, 0.3) is 0 Å². The molecule has 0 saturated carbocycles. The Balaban J connectivity index is 1.81. The van der Waals surface area contributed by atoms with Crippen molar-refractivity contribution in [3.63, 3.8) is 0 Å². The number of benzene rings is 2. The molecule has 0 fully saturated rings. The molecule has 140 valence electrons. The Morgan fingerprint density at radius 2 is 1.85 bits per heavy atom. The molecule has 0 aliphatic rings. The van der Waals surface area contributed by atoms with Gasteiger partial charge < -0.3 is 10.1 Å². The molecule has 2 aromatic rings. The zero-order valence-corrected chi connectivity index (χ0v) is 15.8. The molecule has 0 aromatic heterocycles. The molecular formula is C19H24N2O4S. The van der Waals surface area contributed by atoms with Gasteiger partial charge in [-0.15, -0.1) is 0 Å². The molecule has 0 heterocycles. The minimum atomic E-state index is -3.51. The Labute approximate surface area is 154 Å². The topological polar surface area (TPSA) is 84.5 Å². The van der Waals surface area contributed by atoms with Crippen LogP contribution in [0.25, 0.3) is 0 Å². The van der Waals surface area contributed by atoms with E-state index in [9.17, 15) is 13.2 Å². The molecule has 0 bridgehead atoms. The second-order valence-corrected chi connectivity index (χ2v) is 7.91. The summed E-state index contributed by atoms with van der Waals surface area (Å²) in [5.74, 6) is 0.0540. The van der Waals surface area contributed by atoms with Gasteiger partial charge in [-0.2, -0.15) is 0 Å². The van der Waals surface area contributed by atoms with Gasteiger partial charge in [-0.1, -0.05) is 36.4 Å². The Hall–Kier alpha value is -2.38.